The number of hydrogen-bond donors (Lipinski definition) is 1. The summed E-state index contributed by atoms with van der Waals surface area (Å²) < 4.78 is 0. The maximum absolute atomic E-state index is 5.97. The summed E-state index contributed by atoms with van der Waals surface area (Å²) in [5.41, 5.74) is 8.58. The molecule has 1 aromatic heterocycles. The molecule has 0 saturated carbocycles. The van der Waals surface area contributed by atoms with Crippen molar-refractivity contribution < 1.29 is 0 Å². The molecule has 2 N–H and O–H groups in total. The molecule has 0 aliphatic heterocycles. The third-order valence-corrected chi connectivity index (χ3v) is 4.02. The van der Waals surface area contributed by atoms with Gasteiger partial charge in [-0.25, -0.2) is 9.97 Å². The highest BCUT2D eigenvalue weighted by Gasteiger charge is 2.09. The molecule has 2 aromatic rings. The van der Waals surface area contributed by atoms with E-state index in [1.54, 1.807) is 0 Å². The van der Waals surface area contributed by atoms with Crippen LogP contribution in [0.25, 0.3) is 0 Å². The van der Waals surface area contributed by atoms with Gasteiger partial charge in [0.25, 0.3) is 0 Å². The highest BCUT2D eigenvalue weighted by Crippen LogP contribution is 2.32. The molecule has 0 atom stereocenters. The van der Waals surface area contributed by atoms with Crippen LogP contribution in [0, 0.1) is 6.92 Å². The normalized spacial score (nSPS) is 11.0. The SMILES string of the molecule is Cc1nc(Cl)nc(Sc2ccc(C(C)C)cc2)c1N. The van der Waals surface area contributed by atoms with Crippen LogP contribution in [0.4, 0.5) is 5.69 Å². The summed E-state index contributed by atoms with van der Waals surface area (Å²) in [6, 6.07) is 8.40. The first-order chi connectivity index (χ1) is 8.97. The third kappa shape index (κ3) is 3.39. The molecule has 0 bridgehead atoms. The number of hydrogen-bond acceptors (Lipinski definition) is 4. The molecular weight excluding hydrogens is 278 g/mol. The molecule has 0 saturated heterocycles. The Morgan fingerprint density at radius 3 is 2.37 bits per heavy atom. The summed E-state index contributed by atoms with van der Waals surface area (Å²) in [7, 11) is 0. The van der Waals surface area contributed by atoms with Crippen LogP contribution in [0.5, 0.6) is 0 Å². The van der Waals surface area contributed by atoms with Gasteiger partial charge in [0, 0.05) is 4.90 Å². The largest absolute Gasteiger partial charge is 0.395 e. The van der Waals surface area contributed by atoms with E-state index in [0.717, 1.165) is 4.90 Å². The van der Waals surface area contributed by atoms with Crippen molar-refractivity contribution in [1.82, 2.24) is 9.97 Å². The minimum Gasteiger partial charge on any atom is -0.395 e. The van der Waals surface area contributed by atoms with Crippen LogP contribution in [-0.2, 0) is 0 Å². The third-order valence-electron chi connectivity index (χ3n) is 2.84. The summed E-state index contributed by atoms with van der Waals surface area (Å²) in [5.74, 6) is 0.528. The van der Waals surface area contributed by atoms with Gasteiger partial charge in [-0.2, -0.15) is 0 Å². The summed E-state index contributed by atoms with van der Waals surface area (Å²) in [6.07, 6.45) is 0. The Morgan fingerprint density at radius 1 is 1.16 bits per heavy atom. The van der Waals surface area contributed by atoms with Crippen molar-refractivity contribution in [1.29, 1.82) is 0 Å². The van der Waals surface area contributed by atoms with Crippen molar-refractivity contribution in [2.45, 2.75) is 36.6 Å². The number of nitrogens with zero attached hydrogens (tertiary/aromatic N) is 2. The van der Waals surface area contributed by atoms with Crippen molar-refractivity contribution >= 4 is 29.1 Å². The molecule has 1 heterocycles. The van der Waals surface area contributed by atoms with E-state index >= 15 is 0 Å². The lowest BCUT2D eigenvalue weighted by Gasteiger charge is -2.09. The molecule has 0 aliphatic carbocycles. The van der Waals surface area contributed by atoms with E-state index in [2.05, 4.69) is 48.1 Å². The lowest BCUT2D eigenvalue weighted by atomic mass is 10.0. The molecular formula is C14H16ClN3S. The molecule has 19 heavy (non-hydrogen) atoms. The number of benzene rings is 1. The highest BCUT2D eigenvalue weighted by molar-refractivity contribution is 7.99. The Morgan fingerprint density at radius 2 is 1.79 bits per heavy atom. The van der Waals surface area contributed by atoms with Gasteiger partial charge in [-0.05, 0) is 42.1 Å². The fourth-order valence-corrected chi connectivity index (χ4v) is 2.78. The van der Waals surface area contributed by atoms with Crippen molar-refractivity contribution in [3.05, 3.63) is 40.8 Å². The van der Waals surface area contributed by atoms with E-state index in [4.69, 9.17) is 17.3 Å². The van der Waals surface area contributed by atoms with Crippen LogP contribution in [0.1, 0.15) is 31.0 Å². The van der Waals surface area contributed by atoms with Gasteiger partial charge in [0.15, 0.2) is 0 Å². The molecule has 0 fully saturated rings. The number of halogens is 1. The smallest absolute Gasteiger partial charge is 0.223 e. The first kappa shape index (κ1) is 14.2. The van der Waals surface area contributed by atoms with Crippen molar-refractivity contribution in [3.8, 4) is 0 Å². The van der Waals surface area contributed by atoms with E-state index in [0.29, 0.717) is 22.3 Å². The van der Waals surface area contributed by atoms with Crippen LogP contribution in [0.3, 0.4) is 0 Å². The highest BCUT2D eigenvalue weighted by atomic mass is 35.5. The minimum atomic E-state index is 0.230. The molecule has 0 aliphatic rings. The average molecular weight is 294 g/mol. The summed E-state index contributed by atoms with van der Waals surface area (Å²) >= 11 is 7.37. The molecule has 0 unspecified atom stereocenters. The predicted molar refractivity (Wildman–Crippen MR) is 80.8 cm³/mol. The van der Waals surface area contributed by atoms with Gasteiger partial charge in [0.1, 0.15) is 5.03 Å². The minimum absolute atomic E-state index is 0.230. The Bertz CT molecular complexity index is 582. The molecule has 0 amide bonds. The number of aryl methyl sites for hydroxylation is 1. The van der Waals surface area contributed by atoms with E-state index in [9.17, 15) is 0 Å². The Balaban J connectivity index is 2.26. The second kappa shape index (κ2) is 5.80. The van der Waals surface area contributed by atoms with Gasteiger partial charge >= 0.3 is 0 Å². The average Bonchev–Trinajstić information content (AvgIpc) is 2.36. The maximum atomic E-state index is 5.97. The molecule has 0 spiro atoms. The zero-order chi connectivity index (χ0) is 14.0. The number of rotatable bonds is 3. The first-order valence-corrected chi connectivity index (χ1v) is 7.24. The van der Waals surface area contributed by atoms with E-state index < -0.39 is 0 Å². The number of nitrogens with two attached hydrogens (primary N) is 1. The zero-order valence-electron chi connectivity index (χ0n) is 11.1. The number of anilines is 1. The monoisotopic (exact) mass is 293 g/mol. The van der Waals surface area contributed by atoms with Gasteiger partial charge in [0.05, 0.1) is 11.4 Å². The fraction of sp³-hybridized carbons (Fsp3) is 0.286. The van der Waals surface area contributed by atoms with Crippen LogP contribution in [-0.4, -0.2) is 9.97 Å². The van der Waals surface area contributed by atoms with Crippen LogP contribution in [0.15, 0.2) is 34.2 Å². The Labute approximate surface area is 122 Å². The zero-order valence-corrected chi connectivity index (χ0v) is 12.7. The summed E-state index contributed by atoms with van der Waals surface area (Å²) in [6.45, 7) is 6.18. The summed E-state index contributed by atoms with van der Waals surface area (Å²) in [5, 5.41) is 0.933. The second-order valence-corrected chi connectivity index (χ2v) is 6.02. The lowest BCUT2D eigenvalue weighted by Crippen LogP contribution is -1.99. The van der Waals surface area contributed by atoms with Crippen molar-refractivity contribution in [2.24, 2.45) is 0 Å². The lowest BCUT2D eigenvalue weighted by molar-refractivity contribution is 0.865. The van der Waals surface area contributed by atoms with Crippen LogP contribution < -0.4 is 5.73 Å². The molecule has 1 aromatic carbocycles. The van der Waals surface area contributed by atoms with Gasteiger partial charge in [0.2, 0.25) is 5.28 Å². The molecule has 100 valence electrons. The van der Waals surface area contributed by atoms with Gasteiger partial charge in [-0.1, -0.05) is 37.7 Å². The molecule has 5 heteroatoms. The van der Waals surface area contributed by atoms with Crippen LogP contribution in [0.2, 0.25) is 5.28 Å². The van der Waals surface area contributed by atoms with Gasteiger partial charge in [-0.3, -0.25) is 0 Å². The number of aromatic nitrogens is 2. The second-order valence-electron chi connectivity index (χ2n) is 4.62. The molecule has 2 rings (SSSR count). The molecule has 3 nitrogen and oxygen atoms in total. The number of nitrogen functional groups attached to an aromatic ring is 1. The Kier molecular flexibility index (Phi) is 4.32. The topological polar surface area (TPSA) is 51.8 Å². The van der Waals surface area contributed by atoms with Gasteiger partial charge < -0.3 is 5.73 Å². The summed E-state index contributed by atoms with van der Waals surface area (Å²) in [4.78, 5) is 9.30. The Hall–Kier alpha value is -1.26. The standard InChI is InChI=1S/C14H16ClN3S/c1-8(2)10-4-6-11(7-5-10)19-13-12(16)9(3)17-14(15)18-13/h4-8H,16H2,1-3H3. The van der Waals surface area contributed by atoms with Crippen LogP contribution >= 0.6 is 23.4 Å². The first-order valence-electron chi connectivity index (χ1n) is 6.05. The van der Waals surface area contributed by atoms with E-state index in [-0.39, 0.29) is 5.28 Å². The predicted octanol–water partition coefficient (Wildman–Crippen LogP) is 4.30. The van der Waals surface area contributed by atoms with Gasteiger partial charge in [-0.15, -0.1) is 0 Å². The van der Waals surface area contributed by atoms with E-state index in [1.165, 1.54) is 17.3 Å². The maximum Gasteiger partial charge on any atom is 0.223 e. The fourth-order valence-electron chi connectivity index (χ4n) is 1.63. The quantitative estimate of drug-likeness (QED) is 0.677. The van der Waals surface area contributed by atoms with Crippen molar-refractivity contribution in [3.63, 3.8) is 0 Å². The van der Waals surface area contributed by atoms with E-state index in [1.807, 2.05) is 6.92 Å². The van der Waals surface area contributed by atoms with Crippen molar-refractivity contribution in [2.75, 3.05) is 5.73 Å². The molecule has 0 radical (unpaired) electrons.